The van der Waals surface area contributed by atoms with Crippen LogP contribution < -0.4 is 5.32 Å². The molecule has 3 heterocycles. The van der Waals surface area contributed by atoms with E-state index in [1.165, 1.54) is 28.5 Å². The quantitative estimate of drug-likeness (QED) is 0.662. The number of likely N-dealkylation sites (tertiary alicyclic amines) is 1. The van der Waals surface area contributed by atoms with Crippen molar-refractivity contribution in [1.29, 1.82) is 0 Å². The van der Waals surface area contributed by atoms with Crippen molar-refractivity contribution in [1.82, 2.24) is 30.4 Å². The van der Waals surface area contributed by atoms with Crippen molar-refractivity contribution in [3.63, 3.8) is 0 Å². The number of carbonyl (C=O) groups excluding carboxylic acids is 1. The van der Waals surface area contributed by atoms with Gasteiger partial charge in [0.1, 0.15) is 6.33 Å². The molecule has 1 saturated heterocycles. The zero-order valence-corrected chi connectivity index (χ0v) is 14.2. The highest BCUT2D eigenvalue weighted by molar-refractivity contribution is 5.90. The van der Waals surface area contributed by atoms with Crippen LogP contribution in [0.15, 0.2) is 30.6 Å². The van der Waals surface area contributed by atoms with E-state index in [-0.39, 0.29) is 11.7 Å². The first-order chi connectivity index (χ1) is 12.2. The van der Waals surface area contributed by atoms with Crippen LogP contribution >= 0.6 is 0 Å². The molecule has 1 fully saturated rings. The minimum absolute atomic E-state index is 0.192. The molecule has 1 aliphatic heterocycles. The molecule has 25 heavy (non-hydrogen) atoms. The summed E-state index contributed by atoms with van der Waals surface area (Å²) < 4.78 is 0. The van der Waals surface area contributed by atoms with E-state index in [1.54, 1.807) is 0 Å². The molecular weight excluding hydrogens is 316 g/mol. The van der Waals surface area contributed by atoms with Gasteiger partial charge in [0, 0.05) is 36.2 Å². The maximum atomic E-state index is 11.9. The number of carbonyl (C=O) groups is 1. The van der Waals surface area contributed by atoms with E-state index < -0.39 is 0 Å². The highest BCUT2D eigenvalue weighted by Gasteiger charge is 2.24. The van der Waals surface area contributed by atoms with Crippen LogP contribution in [-0.2, 0) is 6.54 Å². The van der Waals surface area contributed by atoms with Crippen molar-refractivity contribution in [3.05, 3.63) is 47.7 Å². The van der Waals surface area contributed by atoms with Crippen LogP contribution in [0.1, 0.15) is 28.3 Å². The van der Waals surface area contributed by atoms with Crippen LogP contribution in [-0.4, -0.2) is 50.6 Å². The third-order valence-corrected chi connectivity index (χ3v) is 5.00. The molecule has 1 amide bonds. The first-order valence-electron chi connectivity index (χ1n) is 8.63. The summed E-state index contributed by atoms with van der Waals surface area (Å²) in [6.45, 7) is 5.82. The van der Waals surface area contributed by atoms with Crippen LogP contribution in [0.5, 0.6) is 0 Å². The Kier molecular flexibility index (Phi) is 4.23. The van der Waals surface area contributed by atoms with E-state index in [4.69, 9.17) is 0 Å². The lowest BCUT2D eigenvalue weighted by Gasteiger charge is -2.16. The Labute approximate surface area is 145 Å². The summed E-state index contributed by atoms with van der Waals surface area (Å²) in [4.78, 5) is 21.8. The number of nitrogens with zero attached hydrogens (tertiary/aromatic N) is 3. The topological polar surface area (TPSA) is 89.7 Å². The molecule has 4 rings (SSSR count). The zero-order valence-electron chi connectivity index (χ0n) is 14.2. The Morgan fingerprint density at radius 1 is 1.40 bits per heavy atom. The Morgan fingerprint density at radius 2 is 2.28 bits per heavy atom. The number of hydrogen-bond acceptors (Lipinski definition) is 4. The van der Waals surface area contributed by atoms with Crippen LogP contribution in [0.25, 0.3) is 10.9 Å². The highest BCUT2D eigenvalue weighted by Crippen LogP contribution is 2.24. The second-order valence-corrected chi connectivity index (χ2v) is 6.71. The van der Waals surface area contributed by atoms with Crippen LogP contribution in [0.2, 0.25) is 0 Å². The summed E-state index contributed by atoms with van der Waals surface area (Å²) in [6, 6.07) is 8.43. The summed E-state index contributed by atoms with van der Waals surface area (Å²) >= 11 is 0. The summed E-state index contributed by atoms with van der Waals surface area (Å²) in [5.41, 5.74) is 3.82. The van der Waals surface area contributed by atoms with Gasteiger partial charge in [-0.15, -0.1) is 0 Å². The Morgan fingerprint density at radius 3 is 3.08 bits per heavy atom. The number of aryl methyl sites for hydroxylation is 1. The molecule has 3 N–H and O–H groups in total. The van der Waals surface area contributed by atoms with E-state index in [1.807, 2.05) is 0 Å². The molecule has 130 valence electrons. The SMILES string of the molecule is Cc1c(CN2CCC(CNC(=O)c3ncn[nH]3)C2)[nH]c2ccccc12. The number of amides is 1. The van der Waals surface area contributed by atoms with Gasteiger partial charge in [0.05, 0.1) is 0 Å². The normalized spacial score (nSPS) is 18.0. The van der Waals surface area contributed by atoms with Gasteiger partial charge in [0.2, 0.25) is 5.82 Å². The molecule has 0 radical (unpaired) electrons. The van der Waals surface area contributed by atoms with E-state index in [9.17, 15) is 4.79 Å². The monoisotopic (exact) mass is 338 g/mol. The van der Waals surface area contributed by atoms with Gasteiger partial charge >= 0.3 is 0 Å². The summed E-state index contributed by atoms with van der Waals surface area (Å²) in [6.07, 6.45) is 2.44. The fourth-order valence-electron chi connectivity index (χ4n) is 3.58. The molecule has 7 heteroatoms. The van der Waals surface area contributed by atoms with Gasteiger partial charge in [-0.3, -0.25) is 14.8 Å². The molecule has 0 bridgehead atoms. The molecular formula is C18H22N6O. The van der Waals surface area contributed by atoms with E-state index >= 15 is 0 Å². The van der Waals surface area contributed by atoms with Gasteiger partial charge in [-0.2, -0.15) is 5.10 Å². The van der Waals surface area contributed by atoms with Crippen molar-refractivity contribution >= 4 is 16.8 Å². The van der Waals surface area contributed by atoms with Crippen molar-refractivity contribution < 1.29 is 4.79 Å². The molecule has 7 nitrogen and oxygen atoms in total. The first-order valence-corrected chi connectivity index (χ1v) is 8.63. The lowest BCUT2D eigenvalue weighted by Crippen LogP contribution is -2.31. The number of hydrogen-bond donors (Lipinski definition) is 3. The van der Waals surface area contributed by atoms with Gasteiger partial charge in [0.15, 0.2) is 0 Å². The second-order valence-electron chi connectivity index (χ2n) is 6.71. The number of aromatic nitrogens is 4. The van der Waals surface area contributed by atoms with Gasteiger partial charge in [-0.1, -0.05) is 18.2 Å². The molecule has 1 aromatic carbocycles. The number of benzene rings is 1. The predicted octanol–water partition coefficient (Wildman–Crippen LogP) is 1.85. The first kappa shape index (κ1) is 15.8. The van der Waals surface area contributed by atoms with Crippen molar-refractivity contribution in [2.45, 2.75) is 19.9 Å². The Hall–Kier alpha value is -2.67. The third-order valence-electron chi connectivity index (χ3n) is 5.00. The van der Waals surface area contributed by atoms with Gasteiger partial charge in [0.25, 0.3) is 5.91 Å². The summed E-state index contributed by atoms with van der Waals surface area (Å²) in [7, 11) is 0. The Bertz CT molecular complexity index is 869. The number of aromatic amines is 2. The third kappa shape index (κ3) is 3.28. The van der Waals surface area contributed by atoms with Crippen molar-refractivity contribution in [2.24, 2.45) is 5.92 Å². The highest BCUT2D eigenvalue weighted by atomic mass is 16.2. The molecule has 3 aromatic rings. The van der Waals surface area contributed by atoms with Crippen LogP contribution in [0.3, 0.4) is 0 Å². The van der Waals surface area contributed by atoms with Crippen molar-refractivity contribution in [2.75, 3.05) is 19.6 Å². The molecule has 1 atom stereocenters. The maximum absolute atomic E-state index is 11.9. The molecule has 1 aliphatic rings. The van der Waals surface area contributed by atoms with Crippen molar-refractivity contribution in [3.8, 4) is 0 Å². The summed E-state index contributed by atoms with van der Waals surface area (Å²) in [5.74, 6) is 0.544. The minimum Gasteiger partial charge on any atom is -0.357 e. The molecule has 1 unspecified atom stereocenters. The lowest BCUT2D eigenvalue weighted by atomic mass is 10.1. The van der Waals surface area contributed by atoms with E-state index in [0.29, 0.717) is 12.5 Å². The van der Waals surface area contributed by atoms with Crippen LogP contribution in [0, 0.1) is 12.8 Å². The smallest absolute Gasteiger partial charge is 0.288 e. The molecule has 0 saturated carbocycles. The average molecular weight is 338 g/mol. The van der Waals surface area contributed by atoms with Gasteiger partial charge < -0.3 is 10.3 Å². The lowest BCUT2D eigenvalue weighted by molar-refractivity contribution is 0.0937. The van der Waals surface area contributed by atoms with E-state index in [0.717, 1.165) is 26.1 Å². The van der Waals surface area contributed by atoms with E-state index in [2.05, 4.69) is 61.6 Å². The number of H-pyrrole nitrogens is 2. The largest absolute Gasteiger partial charge is 0.357 e. The number of para-hydroxylation sites is 1. The number of rotatable bonds is 5. The summed E-state index contributed by atoms with van der Waals surface area (Å²) in [5, 5.41) is 10.5. The standard InChI is InChI=1S/C18H22N6O/c1-12-14-4-2-3-5-15(14)22-16(12)10-24-7-6-13(9-24)8-19-18(25)17-20-11-21-23-17/h2-5,11,13,22H,6-10H2,1H3,(H,19,25)(H,20,21,23). The molecule has 0 spiro atoms. The maximum Gasteiger partial charge on any atom is 0.288 e. The predicted molar refractivity (Wildman–Crippen MR) is 95.1 cm³/mol. The molecule has 2 aromatic heterocycles. The fraction of sp³-hybridized carbons (Fsp3) is 0.389. The number of nitrogens with one attached hydrogen (secondary N) is 3. The minimum atomic E-state index is -0.192. The van der Waals surface area contributed by atoms with Gasteiger partial charge in [-0.05, 0) is 37.4 Å². The average Bonchev–Trinajstić information content (AvgIpc) is 3.35. The van der Waals surface area contributed by atoms with Gasteiger partial charge in [-0.25, -0.2) is 4.98 Å². The Balaban J connectivity index is 1.33. The second kappa shape index (κ2) is 6.68. The number of fused-ring (bicyclic) bond motifs is 1. The zero-order chi connectivity index (χ0) is 17.2. The van der Waals surface area contributed by atoms with Crippen LogP contribution in [0.4, 0.5) is 0 Å². The fourth-order valence-corrected chi connectivity index (χ4v) is 3.58. The molecule has 0 aliphatic carbocycles.